The van der Waals surface area contributed by atoms with Gasteiger partial charge < -0.3 is 4.74 Å². The molecule has 9 nitrogen and oxygen atoms in total. The maximum Gasteiger partial charge on any atom is 0.341 e. The van der Waals surface area contributed by atoms with Gasteiger partial charge in [0.15, 0.2) is 0 Å². The summed E-state index contributed by atoms with van der Waals surface area (Å²) in [5.41, 5.74) is 1.17. The molecule has 154 valence electrons. The van der Waals surface area contributed by atoms with E-state index in [1.165, 1.54) is 16.4 Å². The molecule has 1 aromatic heterocycles. The van der Waals surface area contributed by atoms with Crippen molar-refractivity contribution in [1.29, 1.82) is 5.26 Å². The predicted molar refractivity (Wildman–Crippen MR) is 104 cm³/mol. The summed E-state index contributed by atoms with van der Waals surface area (Å²) in [5, 5.41) is 13.6. The second-order valence-electron chi connectivity index (χ2n) is 6.66. The lowest BCUT2D eigenvalue weighted by atomic mass is 10.2. The molecular weight excluding hydrogens is 394 g/mol. The first kappa shape index (κ1) is 21.0. The first-order valence-electron chi connectivity index (χ1n) is 9.29. The van der Waals surface area contributed by atoms with Crippen molar-refractivity contribution in [2.75, 3.05) is 32.8 Å². The van der Waals surface area contributed by atoms with E-state index >= 15 is 0 Å². The van der Waals surface area contributed by atoms with E-state index in [0.717, 1.165) is 0 Å². The van der Waals surface area contributed by atoms with Crippen LogP contribution in [0.4, 0.5) is 0 Å². The van der Waals surface area contributed by atoms with Crippen LogP contribution in [0.1, 0.15) is 28.5 Å². The summed E-state index contributed by atoms with van der Waals surface area (Å²) < 4.78 is 33.9. The molecule has 0 spiro atoms. The average molecular weight is 417 g/mol. The van der Waals surface area contributed by atoms with E-state index in [4.69, 9.17) is 4.74 Å². The van der Waals surface area contributed by atoms with Crippen molar-refractivity contribution in [3.63, 3.8) is 0 Å². The Kier molecular flexibility index (Phi) is 6.32. The van der Waals surface area contributed by atoms with Crippen molar-refractivity contribution in [3.8, 4) is 6.07 Å². The Morgan fingerprint density at radius 2 is 1.93 bits per heavy atom. The number of aromatic nitrogens is 2. The minimum absolute atomic E-state index is 0.0396. The quantitative estimate of drug-likeness (QED) is 0.650. The van der Waals surface area contributed by atoms with Crippen LogP contribution in [0.3, 0.4) is 0 Å². The van der Waals surface area contributed by atoms with Crippen molar-refractivity contribution in [2.45, 2.75) is 25.4 Å². The molecule has 1 saturated heterocycles. The van der Waals surface area contributed by atoms with Crippen molar-refractivity contribution in [1.82, 2.24) is 19.0 Å². The molecule has 0 atom stereocenters. The number of nitrogens with zero attached hydrogens (tertiary/aromatic N) is 5. The van der Waals surface area contributed by atoms with Crippen LogP contribution in [0, 0.1) is 18.3 Å². The van der Waals surface area contributed by atoms with Crippen LogP contribution in [-0.2, 0) is 21.4 Å². The molecule has 1 aliphatic heterocycles. The Labute approximate surface area is 170 Å². The number of aryl methyl sites for hydroxylation is 1. The molecule has 0 saturated carbocycles. The number of hydrogen-bond acceptors (Lipinski definition) is 7. The van der Waals surface area contributed by atoms with Crippen LogP contribution in [0.2, 0.25) is 0 Å². The Bertz CT molecular complexity index is 1030. The number of esters is 1. The van der Waals surface area contributed by atoms with E-state index in [1.54, 1.807) is 36.9 Å². The molecule has 1 aromatic carbocycles. The maximum absolute atomic E-state index is 12.9. The largest absolute Gasteiger partial charge is 0.462 e. The number of hydrogen-bond donors (Lipinski definition) is 0. The van der Waals surface area contributed by atoms with Gasteiger partial charge in [0, 0.05) is 32.4 Å². The first-order chi connectivity index (χ1) is 13.9. The molecule has 3 rings (SSSR count). The molecule has 2 aromatic rings. The van der Waals surface area contributed by atoms with Crippen LogP contribution in [-0.4, -0.2) is 66.2 Å². The second kappa shape index (κ2) is 8.73. The van der Waals surface area contributed by atoms with Crippen molar-refractivity contribution in [3.05, 3.63) is 47.3 Å². The maximum atomic E-state index is 12.9. The molecule has 29 heavy (non-hydrogen) atoms. The molecule has 0 amide bonds. The highest BCUT2D eigenvalue weighted by molar-refractivity contribution is 7.89. The number of benzene rings is 1. The van der Waals surface area contributed by atoms with E-state index in [-0.39, 0.29) is 10.5 Å². The number of sulfonamides is 1. The SMILES string of the molecule is CCOC(=O)c1cn(CN2CCN(S(=O)(=O)c3ccccc3C#N)CC2)nc1C. The molecule has 0 unspecified atom stereocenters. The van der Waals surface area contributed by atoms with Gasteiger partial charge in [-0.15, -0.1) is 0 Å². The fourth-order valence-electron chi connectivity index (χ4n) is 3.24. The van der Waals surface area contributed by atoms with E-state index in [1.807, 2.05) is 6.07 Å². The van der Waals surface area contributed by atoms with Gasteiger partial charge in [0.25, 0.3) is 0 Å². The van der Waals surface area contributed by atoms with Crippen LogP contribution in [0.25, 0.3) is 0 Å². The van der Waals surface area contributed by atoms with Gasteiger partial charge in [0.05, 0.1) is 29.4 Å². The Hall–Kier alpha value is -2.74. The zero-order valence-corrected chi connectivity index (χ0v) is 17.2. The van der Waals surface area contributed by atoms with Gasteiger partial charge in [0.2, 0.25) is 10.0 Å². The second-order valence-corrected chi connectivity index (χ2v) is 8.57. The van der Waals surface area contributed by atoms with Crippen LogP contribution in [0.15, 0.2) is 35.4 Å². The molecule has 2 heterocycles. The third-order valence-electron chi connectivity index (χ3n) is 4.74. The normalized spacial score (nSPS) is 15.8. The highest BCUT2D eigenvalue weighted by Gasteiger charge is 2.30. The highest BCUT2D eigenvalue weighted by atomic mass is 32.2. The number of carbonyl (C=O) groups excluding carboxylic acids is 1. The van der Waals surface area contributed by atoms with Gasteiger partial charge in [-0.1, -0.05) is 12.1 Å². The van der Waals surface area contributed by atoms with Crippen LogP contribution < -0.4 is 0 Å². The predicted octanol–water partition coefficient (Wildman–Crippen LogP) is 1.20. The molecule has 0 radical (unpaired) electrons. The summed E-state index contributed by atoms with van der Waals surface area (Å²) >= 11 is 0. The number of ether oxygens (including phenoxy) is 1. The van der Waals surface area contributed by atoms with Gasteiger partial charge in [-0.05, 0) is 26.0 Å². The Balaban J connectivity index is 1.65. The number of piperazine rings is 1. The molecule has 1 aliphatic rings. The molecule has 1 fully saturated rings. The van der Waals surface area contributed by atoms with E-state index in [2.05, 4.69) is 10.00 Å². The van der Waals surface area contributed by atoms with Gasteiger partial charge >= 0.3 is 5.97 Å². The molecule has 0 N–H and O–H groups in total. The van der Waals surface area contributed by atoms with Crippen molar-refractivity contribution >= 4 is 16.0 Å². The van der Waals surface area contributed by atoms with Crippen LogP contribution in [0.5, 0.6) is 0 Å². The highest BCUT2D eigenvalue weighted by Crippen LogP contribution is 2.21. The summed E-state index contributed by atoms with van der Waals surface area (Å²) in [6.07, 6.45) is 1.65. The topological polar surface area (TPSA) is 109 Å². The monoisotopic (exact) mass is 417 g/mol. The zero-order valence-electron chi connectivity index (χ0n) is 16.4. The van der Waals surface area contributed by atoms with Crippen molar-refractivity contribution in [2.24, 2.45) is 0 Å². The van der Waals surface area contributed by atoms with Gasteiger partial charge in [-0.25, -0.2) is 13.2 Å². The zero-order chi connectivity index (χ0) is 21.0. The molecule has 0 bridgehead atoms. The molecular formula is C19H23N5O4S. The van der Waals surface area contributed by atoms with Gasteiger partial charge in [0.1, 0.15) is 11.6 Å². The lowest BCUT2D eigenvalue weighted by Gasteiger charge is -2.33. The Morgan fingerprint density at radius 1 is 1.24 bits per heavy atom. The average Bonchev–Trinajstić information content (AvgIpc) is 3.08. The minimum atomic E-state index is -3.72. The standard InChI is InChI=1S/C19H23N5O4S/c1-3-28-19(25)17-13-23(21-15(17)2)14-22-8-10-24(11-9-22)29(26,27)18-7-5-4-6-16(18)12-20/h4-7,13H,3,8-11,14H2,1-2H3. The van der Waals surface area contributed by atoms with Crippen LogP contribution >= 0.6 is 0 Å². The summed E-state index contributed by atoms with van der Waals surface area (Å²) in [5.74, 6) is -0.400. The van der Waals surface area contributed by atoms with E-state index in [0.29, 0.717) is 50.7 Å². The summed E-state index contributed by atoms with van der Waals surface area (Å²) in [6, 6.07) is 8.17. The molecule has 0 aliphatic carbocycles. The third kappa shape index (κ3) is 4.48. The van der Waals surface area contributed by atoms with Gasteiger partial charge in [-0.3, -0.25) is 9.58 Å². The number of nitriles is 1. The third-order valence-corrected chi connectivity index (χ3v) is 6.70. The van der Waals surface area contributed by atoms with Crippen molar-refractivity contribution < 1.29 is 17.9 Å². The smallest absolute Gasteiger partial charge is 0.341 e. The molecule has 10 heteroatoms. The Morgan fingerprint density at radius 3 is 2.59 bits per heavy atom. The summed E-state index contributed by atoms with van der Waals surface area (Å²) in [7, 11) is -3.72. The summed E-state index contributed by atoms with van der Waals surface area (Å²) in [6.45, 7) is 5.90. The lowest BCUT2D eigenvalue weighted by Crippen LogP contribution is -2.49. The number of carbonyl (C=O) groups is 1. The van der Waals surface area contributed by atoms with E-state index < -0.39 is 16.0 Å². The minimum Gasteiger partial charge on any atom is -0.462 e. The van der Waals surface area contributed by atoms with E-state index in [9.17, 15) is 18.5 Å². The lowest BCUT2D eigenvalue weighted by molar-refractivity contribution is 0.0525. The fourth-order valence-corrected chi connectivity index (χ4v) is 4.80. The first-order valence-corrected chi connectivity index (χ1v) is 10.7. The fraction of sp³-hybridized carbons (Fsp3) is 0.421. The summed E-state index contributed by atoms with van der Waals surface area (Å²) in [4.78, 5) is 14.0. The number of rotatable bonds is 6. The van der Waals surface area contributed by atoms with Gasteiger partial charge in [-0.2, -0.15) is 14.7 Å².